The van der Waals surface area contributed by atoms with Crippen molar-refractivity contribution < 1.29 is 27.4 Å². The number of hydrogen-bond acceptors (Lipinski definition) is 6. The summed E-state index contributed by atoms with van der Waals surface area (Å²) >= 11 is 0. The van der Waals surface area contributed by atoms with Gasteiger partial charge in [-0.15, -0.1) is 0 Å². The second-order valence-electron chi connectivity index (χ2n) is 5.37. The van der Waals surface area contributed by atoms with Crippen molar-refractivity contribution in [1.82, 2.24) is 4.72 Å². The van der Waals surface area contributed by atoms with E-state index < -0.39 is 27.8 Å². The predicted molar refractivity (Wildman–Crippen MR) is 77.5 cm³/mol. The summed E-state index contributed by atoms with van der Waals surface area (Å²) in [6.45, 7) is 3.80. The molecule has 0 aromatic heterocycles. The van der Waals surface area contributed by atoms with Crippen LogP contribution >= 0.6 is 0 Å². The normalized spacial score (nSPS) is 16.7. The molecule has 0 aliphatic carbocycles. The first-order valence-corrected chi connectivity index (χ1v) is 8.20. The van der Waals surface area contributed by atoms with Crippen molar-refractivity contribution >= 4 is 16.0 Å². The van der Waals surface area contributed by atoms with Gasteiger partial charge in [-0.3, -0.25) is 4.79 Å². The average molecular weight is 329 g/mol. The lowest BCUT2D eigenvalue weighted by molar-refractivity contribution is -0.146. The molecule has 0 saturated carbocycles. The van der Waals surface area contributed by atoms with Crippen molar-refractivity contribution in [1.29, 1.82) is 0 Å². The first kappa shape index (κ1) is 16.9. The number of carbonyl (C=O) groups excluding carboxylic acids is 1. The quantitative estimate of drug-likeness (QED) is 0.809. The average Bonchev–Trinajstić information content (AvgIpc) is 2.99. The molecule has 0 spiro atoms. The predicted octanol–water partition coefficient (Wildman–Crippen LogP) is 0.962. The van der Waals surface area contributed by atoms with Crippen LogP contribution in [0.15, 0.2) is 29.2 Å². The lowest BCUT2D eigenvalue weighted by Crippen LogP contribution is -2.50. The van der Waals surface area contributed by atoms with E-state index in [1.54, 1.807) is 12.1 Å². The van der Waals surface area contributed by atoms with Crippen LogP contribution in [0.1, 0.15) is 25.7 Å². The Morgan fingerprint density at radius 1 is 1.32 bits per heavy atom. The largest absolute Gasteiger partial charge is 0.468 e. The molecule has 1 saturated heterocycles. The standard InChI is InChI=1S/C14H19NO6S/c1-14(2,13(16)19-3)15-22(17,18)11-6-4-5-10(9-11)12-20-7-8-21-12/h4-6,9,12,15H,7-8H2,1-3H3. The number of rotatable bonds is 5. The SMILES string of the molecule is COC(=O)C(C)(C)NS(=O)(=O)c1cccc(C2OCCO2)c1. The van der Waals surface area contributed by atoms with Gasteiger partial charge in [-0.25, -0.2) is 8.42 Å². The van der Waals surface area contributed by atoms with Crippen molar-refractivity contribution in [3.63, 3.8) is 0 Å². The molecule has 1 aromatic rings. The summed E-state index contributed by atoms with van der Waals surface area (Å²) in [6.07, 6.45) is -0.566. The van der Waals surface area contributed by atoms with Gasteiger partial charge < -0.3 is 14.2 Å². The summed E-state index contributed by atoms with van der Waals surface area (Å²) < 4.78 is 42.5. The lowest BCUT2D eigenvalue weighted by atomic mass is 10.1. The van der Waals surface area contributed by atoms with Crippen LogP contribution in [0.25, 0.3) is 0 Å². The molecule has 1 heterocycles. The van der Waals surface area contributed by atoms with Gasteiger partial charge in [0.25, 0.3) is 0 Å². The minimum Gasteiger partial charge on any atom is -0.468 e. The Hall–Kier alpha value is -1.48. The number of nitrogens with one attached hydrogen (secondary N) is 1. The maximum atomic E-state index is 12.4. The van der Waals surface area contributed by atoms with Gasteiger partial charge in [-0.05, 0) is 26.0 Å². The van der Waals surface area contributed by atoms with Crippen LogP contribution in [-0.2, 0) is 29.0 Å². The van der Waals surface area contributed by atoms with Crippen molar-refractivity contribution in [2.24, 2.45) is 0 Å². The number of ether oxygens (including phenoxy) is 3. The molecule has 0 atom stereocenters. The van der Waals surface area contributed by atoms with Crippen LogP contribution in [0.5, 0.6) is 0 Å². The monoisotopic (exact) mass is 329 g/mol. The number of carbonyl (C=O) groups is 1. The molecule has 1 aliphatic rings. The summed E-state index contributed by atoms with van der Waals surface area (Å²) in [5.41, 5.74) is -0.763. The minimum atomic E-state index is -3.89. The second-order valence-corrected chi connectivity index (χ2v) is 7.05. The van der Waals surface area contributed by atoms with Crippen LogP contribution in [0, 0.1) is 0 Å². The van der Waals surface area contributed by atoms with E-state index in [1.165, 1.54) is 33.1 Å². The smallest absolute Gasteiger partial charge is 0.326 e. The molecule has 0 unspecified atom stereocenters. The van der Waals surface area contributed by atoms with Gasteiger partial charge in [-0.2, -0.15) is 4.72 Å². The summed E-state index contributed by atoms with van der Waals surface area (Å²) in [4.78, 5) is 11.7. The zero-order chi connectivity index (χ0) is 16.4. The van der Waals surface area contributed by atoms with Gasteiger partial charge in [0.15, 0.2) is 6.29 Å². The maximum Gasteiger partial charge on any atom is 0.326 e. The fraction of sp³-hybridized carbons (Fsp3) is 0.500. The Morgan fingerprint density at radius 3 is 2.55 bits per heavy atom. The minimum absolute atomic E-state index is 0.0288. The van der Waals surface area contributed by atoms with E-state index in [1.807, 2.05) is 0 Å². The van der Waals surface area contributed by atoms with E-state index in [4.69, 9.17) is 9.47 Å². The maximum absolute atomic E-state index is 12.4. The molecule has 0 bridgehead atoms. The topological polar surface area (TPSA) is 90.9 Å². The van der Waals surface area contributed by atoms with E-state index in [9.17, 15) is 13.2 Å². The van der Waals surface area contributed by atoms with Gasteiger partial charge in [0.2, 0.25) is 10.0 Å². The summed E-state index contributed by atoms with van der Waals surface area (Å²) in [6, 6.07) is 6.22. The third-order valence-corrected chi connectivity index (χ3v) is 4.80. The van der Waals surface area contributed by atoms with Crippen molar-refractivity contribution in [3.8, 4) is 0 Å². The Morgan fingerprint density at radius 2 is 1.95 bits per heavy atom. The zero-order valence-corrected chi connectivity index (χ0v) is 13.5. The van der Waals surface area contributed by atoms with E-state index in [2.05, 4.69) is 9.46 Å². The van der Waals surface area contributed by atoms with Gasteiger partial charge in [-0.1, -0.05) is 12.1 Å². The molecule has 1 fully saturated rings. The number of esters is 1. The number of methoxy groups -OCH3 is 1. The van der Waals surface area contributed by atoms with Crippen molar-refractivity contribution in [2.45, 2.75) is 30.6 Å². The Balaban J connectivity index is 2.26. The van der Waals surface area contributed by atoms with Crippen molar-refractivity contribution in [2.75, 3.05) is 20.3 Å². The highest BCUT2D eigenvalue weighted by molar-refractivity contribution is 7.89. The first-order valence-electron chi connectivity index (χ1n) is 6.72. The molecule has 1 aliphatic heterocycles. The van der Waals surface area contributed by atoms with Crippen LogP contribution in [-0.4, -0.2) is 40.2 Å². The van der Waals surface area contributed by atoms with Crippen LogP contribution in [0.3, 0.4) is 0 Å². The molecule has 22 heavy (non-hydrogen) atoms. The highest BCUT2D eigenvalue weighted by Gasteiger charge is 2.34. The lowest BCUT2D eigenvalue weighted by Gasteiger charge is -2.23. The molecule has 8 heteroatoms. The molecule has 0 radical (unpaired) electrons. The Bertz CT molecular complexity index is 649. The van der Waals surface area contributed by atoms with Gasteiger partial charge in [0, 0.05) is 5.56 Å². The van der Waals surface area contributed by atoms with Gasteiger partial charge >= 0.3 is 5.97 Å². The van der Waals surface area contributed by atoms with E-state index in [0.29, 0.717) is 18.8 Å². The zero-order valence-electron chi connectivity index (χ0n) is 12.7. The summed E-state index contributed by atoms with van der Waals surface area (Å²) in [5, 5.41) is 0. The highest BCUT2D eigenvalue weighted by atomic mass is 32.2. The molecule has 1 aromatic carbocycles. The van der Waals surface area contributed by atoms with E-state index in [-0.39, 0.29) is 4.90 Å². The van der Waals surface area contributed by atoms with Crippen molar-refractivity contribution in [3.05, 3.63) is 29.8 Å². The number of sulfonamides is 1. The highest BCUT2D eigenvalue weighted by Crippen LogP contribution is 2.25. The third kappa shape index (κ3) is 3.64. The molecular formula is C14H19NO6S. The van der Waals surface area contributed by atoms with Crippen LogP contribution < -0.4 is 4.72 Å². The second kappa shape index (κ2) is 6.33. The Kier molecular flexibility index (Phi) is 4.86. The van der Waals surface area contributed by atoms with Crippen LogP contribution in [0.2, 0.25) is 0 Å². The molecular weight excluding hydrogens is 310 g/mol. The first-order chi connectivity index (χ1) is 10.3. The third-order valence-electron chi connectivity index (χ3n) is 3.15. The molecule has 1 N–H and O–H groups in total. The number of benzene rings is 1. The summed E-state index contributed by atoms with van der Waals surface area (Å²) in [7, 11) is -2.68. The number of hydrogen-bond donors (Lipinski definition) is 1. The van der Waals surface area contributed by atoms with E-state index in [0.717, 1.165) is 0 Å². The Labute approximate surface area is 129 Å². The molecule has 122 valence electrons. The molecule has 7 nitrogen and oxygen atoms in total. The van der Waals surface area contributed by atoms with Gasteiger partial charge in [0.1, 0.15) is 5.54 Å². The molecule has 0 amide bonds. The fourth-order valence-corrected chi connectivity index (χ4v) is 3.49. The van der Waals surface area contributed by atoms with E-state index >= 15 is 0 Å². The molecule has 2 rings (SSSR count). The fourth-order valence-electron chi connectivity index (χ4n) is 2.07. The van der Waals surface area contributed by atoms with Gasteiger partial charge in [0.05, 0.1) is 25.2 Å². The summed E-state index contributed by atoms with van der Waals surface area (Å²) in [5.74, 6) is -0.672. The van der Waals surface area contributed by atoms with Crippen LogP contribution in [0.4, 0.5) is 0 Å².